The van der Waals surface area contributed by atoms with Crippen molar-refractivity contribution < 1.29 is 4.79 Å². The molecule has 1 heterocycles. The van der Waals surface area contributed by atoms with Crippen LogP contribution < -0.4 is 10.6 Å². The van der Waals surface area contributed by atoms with Gasteiger partial charge < -0.3 is 10.6 Å². The minimum Gasteiger partial charge on any atom is -0.356 e. The molecule has 0 aromatic heterocycles. The molecule has 1 aliphatic rings. The lowest BCUT2D eigenvalue weighted by atomic mass is 9.96. The number of nitrogens with one attached hydrogen (secondary N) is 2. The second kappa shape index (κ2) is 10.6. The van der Waals surface area contributed by atoms with Gasteiger partial charge in [0.25, 0.3) is 0 Å². The van der Waals surface area contributed by atoms with Gasteiger partial charge in [-0.25, -0.2) is 0 Å². The van der Waals surface area contributed by atoms with Crippen molar-refractivity contribution in [1.29, 1.82) is 0 Å². The van der Waals surface area contributed by atoms with Crippen molar-refractivity contribution >= 4 is 18.3 Å². The molecule has 1 fully saturated rings. The fourth-order valence-electron chi connectivity index (χ4n) is 2.57. The third-order valence-electron chi connectivity index (χ3n) is 3.59. The number of hydrogen-bond donors (Lipinski definition) is 2. The molecule has 1 rings (SSSR count). The molecule has 18 heavy (non-hydrogen) atoms. The van der Waals surface area contributed by atoms with E-state index >= 15 is 0 Å². The SMILES string of the molecule is CCCC(C)CC(=O)NCCC1CCCNC1.Cl. The fraction of sp³-hybridized carbons (Fsp3) is 0.929. The van der Waals surface area contributed by atoms with E-state index in [0.29, 0.717) is 12.3 Å². The molecule has 2 N–H and O–H groups in total. The van der Waals surface area contributed by atoms with E-state index in [-0.39, 0.29) is 18.3 Å². The summed E-state index contributed by atoms with van der Waals surface area (Å²) in [6.07, 6.45) is 6.74. The Morgan fingerprint density at radius 3 is 2.89 bits per heavy atom. The zero-order chi connectivity index (χ0) is 12.5. The van der Waals surface area contributed by atoms with Crippen LogP contribution >= 0.6 is 12.4 Å². The van der Waals surface area contributed by atoms with Gasteiger partial charge in [-0.15, -0.1) is 12.4 Å². The summed E-state index contributed by atoms with van der Waals surface area (Å²) in [5.41, 5.74) is 0. The van der Waals surface area contributed by atoms with E-state index in [1.807, 2.05) is 0 Å². The summed E-state index contributed by atoms with van der Waals surface area (Å²) >= 11 is 0. The predicted molar refractivity (Wildman–Crippen MR) is 79.2 cm³/mol. The van der Waals surface area contributed by atoms with E-state index in [9.17, 15) is 4.79 Å². The van der Waals surface area contributed by atoms with Gasteiger partial charge in [-0.05, 0) is 44.2 Å². The van der Waals surface area contributed by atoms with Crippen LogP contribution in [0.4, 0.5) is 0 Å². The van der Waals surface area contributed by atoms with Crippen molar-refractivity contribution in [2.45, 2.75) is 52.4 Å². The third-order valence-corrected chi connectivity index (χ3v) is 3.59. The lowest BCUT2D eigenvalue weighted by molar-refractivity contribution is -0.121. The topological polar surface area (TPSA) is 41.1 Å². The normalized spacial score (nSPS) is 20.9. The van der Waals surface area contributed by atoms with Crippen LogP contribution in [-0.2, 0) is 4.79 Å². The number of carbonyl (C=O) groups excluding carboxylic acids is 1. The van der Waals surface area contributed by atoms with Gasteiger partial charge in [0.05, 0.1) is 0 Å². The second-order valence-corrected chi connectivity index (χ2v) is 5.45. The van der Waals surface area contributed by atoms with Crippen molar-refractivity contribution in [2.24, 2.45) is 11.8 Å². The first kappa shape index (κ1) is 17.7. The average Bonchev–Trinajstić information content (AvgIpc) is 2.30. The smallest absolute Gasteiger partial charge is 0.220 e. The highest BCUT2D eigenvalue weighted by molar-refractivity contribution is 5.85. The molecular weight excluding hydrogens is 248 g/mol. The molecule has 0 aromatic carbocycles. The zero-order valence-corrected chi connectivity index (χ0v) is 12.7. The summed E-state index contributed by atoms with van der Waals surface area (Å²) in [5.74, 6) is 1.52. The van der Waals surface area contributed by atoms with E-state index in [4.69, 9.17) is 0 Å². The Labute approximate surface area is 118 Å². The van der Waals surface area contributed by atoms with Crippen molar-refractivity contribution in [3.63, 3.8) is 0 Å². The molecule has 0 bridgehead atoms. The van der Waals surface area contributed by atoms with Crippen molar-refractivity contribution in [3.8, 4) is 0 Å². The van der Waals surface area contributed by atoms with Gasteiger partial charge in [-0.1, -0.05) is 26.7 Å². The Balaban J connectivity index is 0.00000289. The van der Waals surface area contributed by atoms with Crippen molar-refractivity contribution in [2.75, 3.05) is 19.6 Å². The Kier molecular flexibility index (Phi) is 10.5. The molecule has 0 spiro atoms. The minimum absolute atomic E-state index is 0. The van der Waals surface area contributed by atoms with E-state index in [0.717, 1.165) is 38.4 Å². The van der Waals surface area contributed by atoms with Crippen molar-refractivity contribution in [3.05, 3.63) is 0 Å². The Hall–Kier alpha value is -0.280. The van der Waals surface area contributed by atoms with Crippen LogP contribution in [0.5, 0.6) is 0 Å². The number of amides is 1. The zero-order valence-electron chi connectivity index (χ0n) is 11.8. The lowest BCUT2D eigenvalue weighted by Gasteiger charge is -2.22. The van der Waals surface area contributed by atoms with Crippen LogP contribution in [-0.4, -0.2) is 25.5 Å². The first-order chi connectivity index (χ1) is 8.22. The number of rotatable bonds is 7. The highest BCUT2D eigenvalue weighted by atomic mass is 35.5. The highest BCUT2D eigenvalue weighted by Crippen LogP contribution is 2.13. The highest BCUT2D eigenvalue weighted by Gasteiger charge is 2.13. The monoisotopic (exact) mass is 276 g/mol. The molecule has 0 radical (unpaired) electrons. The number of piperidine rings is 1. The maximum Gasteiger partial charge on any atom is 0.220 e. The van der Waals surface area contributed by atoms with Crippen LogP contribution in [0.1, 0.15) is 52.4 Å². The maximum absolute atomic E-state index is 11.6. The Bertz CT molecular complexity index is 218. The molecule has 1 amide bonds. The van der Waals surface area contributed by atoms with Gasteiger partial charge in [-0.2, -0.15) is 0 Å². The van der Waals surface area contributed by atoms with E-state index in [2.05, 4.69) is 24.5 Å². The first-order valence-electron chi connectivity index (χ1n) is 7.19. The van der Waals surface area contributed by atoms with E-state index < -0.39 is 0 Å². The molecule has 4 heteroatoms. The molecule has 0 aromatic rings. The van der Waals surface area contributed by atoms with E-state index in [1.54, 1.807) is 0 Å². The second-order valence-electron chi connectivity index (χ2n) is 5.45. The average molecular weight is 277 g/mol. The summed E-state index contributed by atoms with van der Waals surface area (Å²) in [7, 11) is 0. The molecule has 0 aliphatic carbocycles. The van der Waals surface area contributed by atoms with Crippen molar-refractivity contribution in [1.82, 2.24) is 10.6 Å². The van der Waals surface area contributed by atoms with Gasteiger partial charge >= 0.3 is 0 Å². The minimum atomic E-state index is 0. The van der Waals surface area contributed by atoms with Crippen LogP contribution in [0.2, 0.25) is 0 Å². The number of halogens is 1. The van der Waals surface area contributed by atoms with Crippen LogP contribution in [0.25, 0.3) is 0 Å². The summed E-state index contributed by atoms with van der Waals surface area (Å²) in [6, 6.07) is 0. The standard InChI is InChI=1S/C14H28N2O.ClH/c1-3-5-12(2)10-14(17)16-9-7-13-6-4-8-15-11-13;/h12-13,15H,3-11H2,1-2H3,(H,16,17);1H. The van der Waals surface area contributed by atoms with Gasteiger partial charge in [0, 0.05) is 13.0 Å². The van der Waals surface area contributed by atoms with Gasteiger partial charge in [-0.3, -0.25) is 4.79 Å². The first-order valence-corrected chi connectivity index (χ1v) is 7.19. The lowest BCUT2D eigenvalue weighted by Crippen LogP contribution is -2.33. The van der Waals surface area contributed by atoms with Crippen LogP contribution in [0, 0.1) is 11.8 Å². The third kappa shape index (κ3) is 7.93. The molecule has 1 aliphatic heterocycles. The molecule has 2 atom stereocenters. The van der Waals surface area contributed by atoms with Gasteiger partial charge in [0.1, 0.15) is 0 Å². The van der Waals surface area contributed by atoms with Crippen LogP contribution in [0.15, 0.2) is 0 Å². The number of hydrogen-bond acceptors (Lipinski definition) is 2. The fourth-order valence-corrected chi connectivity index (χ4v) is 2.57. The summed E-state index contributed by atoms with van der Waals surface area (Å²) in [4.78, 5) is 11.6. The molecule has 2 unspecified atom stereocenters. The van der Waals surface area contributed by atoms with E-state index in [1.165, 1.54) is 19.3 Å². The Morgan fingerprint density at radius 2 is 2.28 bits per heavy atom. The molecule has 108 valence electrons. The van der Waals surface area contributed by atoms with Gasteiger partial charge in [0.15, 0.2) is 0 Å². The largest absolute Gasteiger partial charge is 0.356 e. The Morgan fingerprint density at radius 1 is 1.50 bits per heavy atom. The predicted octanol–water partition coefficient (Wildman–Crippen LogP) is 2.74. The van der Waals surface area contributed by atoms with Crippen LogP contribution in [0.3, 0.4) is 0 Å². The molecule has 3 nitrogen and oxygen atoms in total. The van der Waals surface area contributed by atoms with Gasteiger partial charge in [0.2, 0.25) is 5.91 Å². The molecular formula is C14H29ClN2O. The summed E-state index contributed by atoms with van der Waals surface area (Å²) < 4.78 is 0. The molecule has 0 saturated carbocycles. The summed E-state index contributed by atoms with van der Waals surface area (Å²) in [5, 5.41) is 6.46. The quantitative estimate of drug-likeness (QED) is 0.751. The molecule has 1 saturated heterocycles. The number of carbonyl (C=O) groups is 1. The summed E-state index contributed by atoms with van der Waals surface area (Å²) in [6.45, 7) is 7.47. The maximum atomic E-state index is 11.6.